The third-order valence-electron chi connectivity index (χ3n) is 4.34. The Labute approximate surface area is 136 Å². The molecule has 1 aromatic rings. The average molecular weight is 354 g/mol. The van der Waals surface area contributed by atoms with Gasteiger partial charge in [-0.15, -0.1) is 0 Å². The molecule has 0 radical (unpaired) electrons. The summed E-state index contributed by atoms with van der Waals surface area (Å²) in [6, 6.07) is 8.69. The highest BCUT2D eigenvalue weighted by Crippen LogP contribution is 2.23. The number of halogens is 1. The first-order chi connectivity index (χ1) is 10.0. The van der Waals surface area contributed by atoms with Crippen LogP contribution in [0.1, 0.15) is 38.2 Å². The van der Waals surface area contributed by atoms with Crippen LogP contribution < -0.4 is 10.2 Å². The van der Waals surface area contributed by atoms with Gasteiger partial charge >= 0.3 is 0 Å². The molecule has 0 spiro atoms. The van der Waals surface area contributed by atoms with E-state index in [2.05, 4.69) is 47.4 Å². The van der Waals surface area contributed by atoms with Gasteiger partial charge in [0.2, 0.25) is 0 Å². The minimum absolute atomic E-state index is 0.184. The van der Waals surface area contributed by atoms with E-state index in [0.717, 1.165) is 17.4 Å². The number of nitrogens with one attached hydrogen (secondary N) is 2. The number of rotatable bonds is 5. The summed E-state index contributed by atoms with van der Waals surface area (Å²) in [6.07, 6.45) is 4.93. The Balaban J connectivity index is 1.77. The van der Waals surface area contributed by atoms with Gasteiger partial charge in [0.15, 0.2) is 6.54 Å². The summed E-state index contributed by atoms with van der Waals surface area (Å²) in [5.41, 5.74) is 1.26. The van der Waals surface area contributed by atoms with E-state index in [-0.39, 0.29) is 5.91 Å². The number of hydrogen-bond donors (Lipinski definition) is 2. The molecular formula is C17H26BrN2O+. The van der Waals surface area contributed by atoms with E-state index in [1.54, 1.807) is 0 Å². The van der Waals surface area contributed by atoms with E-state index in [1.807, 2.05) is 12.1 Å². The second-order valence-electron chi connectivity index (χ2n) is 6.37. The maximum absolute atomic E-state index is 12.2. The molecule has 3 nitrogen and oxygen atoms in total. The summed E-state index contributed by atoms with van der Waals surface area (Å²) in [7, 11) is 2.08. The van der Waals surface area contributed by atoms with Gasteiger partial charge in [-0.2, -0.15) is 0 Å². The van der Waals surface area contributed by atoms with Gasteiger partial charge in [0, 0.05) is 16.1 Å². The summed E-state index contributed by atoms with van der Waals surface area (Å²) in [5.74, 6) is 0.804. The summed E-state index contributed by atoms with van der Waals surface area (Å²) < 4.78 is 1.09. The van der Waals surface area contributed by atoms with E-state index < -0.39 is 0 Å². The van der Waals surface area contributed by atoms with Crippen molar-refractivity contribution in [3.63, 3.8) is 0 Å². The second-order valence-corrected chi connectivity index (χ2v) is 7.29. The van der Waals surface area contributed by atoms with Gasteiger partial charge < -0.3 is 10.2 Å². The zero-order chi connectivity index (χ0) is 15.2. The molecule has 0 aromatic heterocycles. The Morgan fingerprint density at radius 1 is 1.29 bits per heavy atom. The monoisotopic (exact) mass is 353 g/mol. The molecule has 1 amide bonds. The largest absolute Gasteiger partial charge is 0.348 e. The van der Waals surface area contributed by atoms with Crippen LogP contribution in [0.3, 0.4) is 0 Å². The third-order valence-corrected chi connectivity index (χ3v) is 4.87. The van der Waals surface area contributed by atoms with Crippen LogP contribution in [0.15, 0.2) is 28.7 Å². The molecular weight excluding hydrogens is 328 g/mol. The molecule has 0 aliphatic heterocycles. The second kappa shape index (κ2) is 7.95. The lowest BCUT2D eigenvalue weighted by Crippen LogP contribution is -3.09. The molecule has 1 saturated carbocycles. The minimum Gasteiger partial charge on any atom is -0.348 e. The average Bonchev–Trinajstić information content (AvgIpc) is 2.44. The minimum atomic E-state index is 0.184. The van der Waals surface area contributed by atoms with Crippen LogP contribution in [-0.4, -0.2) is 25.5 Å². The Hall–Kier alpha value is -0.870. The van der Waals surface area contributed by atoms with E-state index >= 15 is 0 Å². The van der Waals surface area contributed by atoms with E-state index in [0.29, 0.717) is 18.5 Å². The van der Waals surface area contributed by atoms with Crippen LogP contribution in [0.25, 0.3) is 0 Å². The van der Waals surface area contributed by atoms with Crippen LogP contribution in [0, 0.1) is 5.92 Å². The van der Waals surface area contributed by atoms with Crippen molar-refractivity contribution in [1.82, 2.24) is 5.32 Å². The summed E-state index contributed by atoms with van der Waals surface area (Å²) >= 11 is 3.44. The standard InChI is InChI=1S/C17H25BrN2O/c1-13-5-3-4-6-16(13)19-17(21)12-20(2)11-14-7-9-15(18)10-8-14/h7-10,13,16H,3-6,11-12H2,1-2H3,(H,19,21)/p+1/t13-,16+/m0/s1. The van der Waals surface area contributed by atoms with Gasteiger partial charge in [0.1, 0.15) is 6.54 Å². The molecule has 1 aliphatic carbocycles. The lowest BCUT2D eigenvalue weighted by molar-refractivity contribution is -0.885. The number of benzene rings is 1. The highest BCUT2D eigenvalue weighted by atomic mass is 79.9. The Kier molecular flexibility index (Phi) is 6.24. The summed E-state index contributed by atoms with van der Waals surface area (Å²) in [5, 5.41) is 3.23. The van der Waals surface area contributed by atoms with Gasteiger partial charge in [0.25, 0.3) is 5.91 Å². The van der Waals surface area contributed by atoms with Crippen molar-refractivity contribution in [2.24, 2.45) is 5.92 Å². The molecule has 116 valence electrons. The third kappa shape index (κ3) is 5.44. The number of carbonyl (C=O) groups excluding carboxylic acids is 1. The lowest BCUT2D eigenvalue weighted by atomic mass is 9.86. The van der Waals surface area contributed by atoms with Crippen LogP contribution in [-0.2, 0) is 11.3 Å². The summed E-state index contributed by atoms with van der Waals surface area (Å²) in [6.45, 7) is 3.67. The van der Waals surface area contributed by atoms with Crippen molar-refractivity contribution >= 4 is 21.8 Å². The van der Waals surface area contributed by atoms with E-state index in [9.17, 15) is 4.79 Å². The highest BCUT2D eigenvalue weighted by Gasteiger charge is 2.23. The Morgan fingerprint density at radius 3 is 2.62 bits per heavy atom. The fourth-order valence-corrected chi connectivity index (χ4v) is 3.34. The van der Waals surface area contributed by atoms with Crippen LogP contribution in [0.4, 0.5) is 0 Å². The number of quaternary nitrogens is 1. The van der Waals surface area contributed by atoms with Gasteiger partial charge in [-0.3, -0.25) is 4.79 Å². The lowest BCUT2D eigenvalue weighted by Gasteiger charge is -2.29. The first-order valence-electron chi connectivity index (χ1n) is 7.89. The Bertz CT molecular complexity index is 460. The molecule has 1 aromatic carbocycles. The smallest absolute Gasteiger partial charge is 0.275 e. The van der Waals surface area contributed by atoms with E-state index in [1.165, 1.54) is 29.7 Å². The molecule has 1 fully saturated rings. The molecule has 0 bridgehead atoms. The van der Waals surface area contributed by atoms with Crippen LogP contribution >= 0.6 is 15.9 Å². The first-order valence-corrected chi connectivity index (χ1v) is 8.69. The van der Waals surface area contributed by atoms with Crippen molar-refractivity contribution in [3.05, 3.63) is 34.3 Å². The zero-order valence-corrected chi connectivity index (χ0v) is 14.6. The maximum Gasteiger partial charge on any atom is 0.275 e. The van der Waals surface area contributed by atoms with Crippen molar-refractivity contribution in [2.75, 3.05) is 13.6 Å². The highest BCUT2D eigenvalue weighted by molar-refractivity contribution is 9.10. The van der Waals surface area contributed by atoms with Crippen LogP contribution in [0.2, 0.25) is 0 Å². The van der Waals surface area contributed by atoms with Crippen molar-refractivity contribution < 1.29 is 9.69 Å². The fourth-order valence-electron chi connectivity index (χ4n) is 3.08. The molecule has 21 heavy (non-hydrogen) atoms. The van der Waals surface area contributed by atoms with Gasteiger partial charge in [0.05, 0.1) is 7.05 Å². The topological polar surface area (TPSA) is 33.5 Å². The molecule has 2 rings (SSSR count). The molecule has 2 N–H and O–H groups in total. The van der Waals surface area contributed by atoms with Crippen molar-refractivity contribution in [2.45, 2.75) is 45.2 Å². The number of hydrogen-bond acceptors (Lipinski definition) is 1. The molecule has 1 aliphatic rings. The van der Waals surface area contributed by atoms with Gasteiger partial charge in [-0.25, -0.2) is 0 Å². The van der Waals surface area contributed by atoms with Gasteiger partial charge in [-0.05, 0) is 30.9 Å². The van der Waals surface area contributed by atoms with Crippen LogP contribution in [0.5, 0.6) is 0 Å². The summed E-state index contributed by atoms with van der Waals surface area (Å²) in [4.78, 5) is 13.4. The SMILES string of the molecule is C[C@H]1CCCC[C@H]1NC(=O)C[NH+](C)Cc1ccc(Br)cc1. The predicted octanol–water partition coefficient (Wildman–Crippen LogP) is 2.16. The number of likely N-dealkylation sites (N-methyl/N-ethyl adjacent to an activating group) is 1. The normalized spacial score (nSPS) is 23.6. The molecule has 1 unspecified atom stereocenters. The first kappa shape index (κ1) is 16.5. The van der Waals surface area contributed by atoms with Gasteiger partial charge in [-0.1, -0.05) is 47.8 Å². The Morgan fingerprint density at radius 2 is 1.95 bits per heavy atom. The van der Waals surface area contributed by atoms with E-state index in [4.69, 9.17) is 0 Å². The fraction of sp³-hybridized carbons (Fsp3) is 0.588. The van der Waals surface area contributed by atoms with Crippen molar-refractivity contribution in [3.8, 4) is 0 Å². The molecule has 4 heteroatoms. The predicted molar refractivity (Wildman–Crippen MR) is 89.2 cm³/mol. The van der Waals surface area contributed by atoms with Crippen molar-refractivity contribution in [1.29, 1.82) is 0 Å². The quantitative estimate of drug-likeness (QED) is 0.835. The zero-order valence-electron chi connectivity index (χ0n) is 13.0. The molecule has 0 heterocycles. The number of carbonyl (C=O) groups is 1. The molecule has 3 atom stereocenters. The number of amides is 1. The maximum atomic E-state index is 12.2. The molecule has 0 saturated heterocycles.